The zero-order valence-electron chi connectivity index (χ0n) is 21.1. The zero-order chi connectivity index (χ0) is 25.2. The SMILES string of the molecule is CCc1ccc(Cl)c(/C=C/c2ccc3c(c2)OCC32CCN(CCC(=O)OC(C)(C)C)CC2)c1Cl. The maximum Gasteiger partial charge on any atom is 0.307 e. The van der Waals surface area contributed by atoms with Crippen LogP contribution in [0.15, 0.2) is 30.3 Å². The van der Waals surface area contributed by atoms with Crippen molar-refractivity contribution in [2.45, 2.75) is 64.4 Å². The largest absolute Gasteiger partial charge is 0.492 e. The number of benzene rings is 2. The summed E-state index contributed by atoms with van der Waals surface area (Å²) in [6, 6.07) is 10.4. The highest BCUT2D eigenvalue weighted by Gasteiger charge is 2.43. The normalized spacial score (nSPS) is 17.5. The van der Waals surface area contributed by atoms with Crippen molar-refractivity contribution in [2.24, 2.45) is 0 Å². The van der Waals surface area contributed by atoms with Gasteiger partial charge in [-0.2, -0.15) is 0 Å². The predicted molar refractivity (Wildman–Crippen MR) is 145 cm³/mol. The molecular weight excluding hydrogens is 481 g/mol. The van der Waals surface area contributed by atoms with Crippen LogP contribution in [0, 0.1) is 0 Å². The van der Waals surface area contributed by atoms with Gasteiger partial charge < -0.3 is 14.4 Å². The van der Waals surface area contributed by atoms with Crippen LogP contribution >= 0.6 is 23.2 Å². The molecule has 1 saturated heterocycles. The molecule has 0 unspecified atom stereocenters. The fourth-order valence-electron chi connectivity index (χ4n) is 4.97. The Kier molecular flexibility index (Phi) is 7.85. The maximum absolute atomic E-state index is 12.1. The lowest BCUT2D eigenvalue weighted by Gasteiger charge is -2.38. The smallest absolute Gasteiger partial charge is 0.307 e. The highest BCUT2D eigenvalue weighted by atomic mass is 35.5. The number of esters is 1. The monoisotopic (exact) mass is 515 g/mol. The van der Waals surface area contributed by atoms with Crippen LogP contribution in [0.4, 0.5) is 0 Å². The second-order valence-corrected chi connectivity index (χ2v) is 11.4. The summed E-state index contributed by atoms with van der Waals surface area (Å²) in [7, 11) is 0. The highest BCUT2D eigenvalue weighted by Crippen LogP contribution is 2.46. The van der Waals surface area contributed by atoms with Crippen molar-refractivity contribution in [3.05, 3.63) is 62.6 Å². The van der Waals surface area contributed by atoms with Crippen LogP contribution in [0.25, 0.3) is 12.2 Å². The topological polar surface area (TPSA) is 38.8 Å². The molecule has 2 aromatic carbocycles. The first-order valence-corrected chi connectivity index (χ1v) is 13.2. The molecule has 4 nitrogen and oxygen atoms in total. The number of fused-ring (bicyclic) bond motifs is 2. The Morgan fingerprint density at radius 3 is 2.57 bits per heavy atom. The van der Waals surface area contributed by atoms with E-state index in [1.54, 1.807) is 0 Å². The van der Waals surface area contributed by atoms with E-state index < -0.39 is 5.60 Å². The summed E-state index contributed by atoms with van der Waals surface area (Å²) in [6.45, 7) is 11.2. The molecule has 0 aromatic heterocycles. The summed E-state index contributed by atoms with van der Waals surface area (Å²) in [4.78, 5) is 14.4. The summed E-state index contributed by atoms with van der Waals surface area (Å²) < 4.78 is 11.6. The highest BCUT2D eigenvalue weighted by molar-refractivity contribution is 6.37. The summed E-state index contributed by atoms with van der Waals surface area (Å²) in [5, 5.41) is 1.37. The van der Waals surface area contributed by atoms with Gasteiger partial charge in [-0.3, -0.25) is 4.79 Å². The molecule has 4 rings (SSSR count). The Morgan fingerprint density at radius 1 is 1.14 bits per heavy atom. The van der Waals surface area contributed by atoms with E-state index in [1.807, 2.05) is 45.1 Å². The van der Waals surface area contributed by atoms with Gasteiger partial charge in [0.05, 0.1) is 18.1 Å². The second kappa shape index (κ2) is 10.5. The third-order valence-corrected chi connectivity index (χ3v) is 7.75. The molecule has 35 heavy (non-hydrogen) atoms. The minimum atomic E-state index is -0.431. The van der Waals surface area contributed by atoms with Gasteiger partial charge in [0, 0.05) is 28.1 Å². The van der Waals surface area contributed by atoms with E-state index in [0.29, 0.717) is 23.1 Å². The lowest BCUT2D eigenvalue weighted by atomic mass is 9.74. The molecule has 0 saturated carbocycles. The number of halogens is 2. The van der Waals surface area contributed by atoms with E-state index >= 15 is 0 Å². The number of carbonyl (C=O) groups is 1. The average Bonchev–Trinajstić information content (AvgIpc) is 3.15. The Labute approximate surface area is 219 Å². The molecule has 1 fully saturated rings. The van der Waals surface area contributed by atoms with Crippen molar-refractivity contribution in [1.29, 1.82) is 0 Å². The fraction of sp³-hybridized carbons (Fsp3) is 0.483. The number of ether oxygens (including phenoxy) is 2. The first kappa shape index (κ1) is 26.1. The summed E-state index contributed by atoms with van der Waals surface area (Å²) in [6.07, 6.45) is 7.38. The molecule has 2 heterocycles. The molecule has 2 aromatic rings. The standard InChI is InChI=1S/C29H35Cl2NO3/c1-5-21-8-11-24(30)22(27(21)31)9-6-20-7-10-23-25(18-20)34-19-29(23)13-16-32(17-14-29)15-12-26(33)35-28(2,3)4/h6-11,18H,5,12-17,19H2,1-4H3/b9-6+. The molecule has 6 heteroatoms. The maximum atomic E-state index is 12.1. The van der Waals surface area contributed by atoms with Crippen LogP contribution in [0.2, 0.25) is 10.0 Å². The van der Waals surface area contributed by atoms with Crippen molar-refractivity contribution >= 4 is 41.3 Å². The molecule has 2 aliphatic heterocycles. The molecule has 0 radical (unpaired) electrons. The number of aryl methyl sites for hydroxylation is 1. The summed E-state index contributed by atoms with van der Waals surface area (Å²) >= 11 is 13.0. The molecule has 0 bridgehead atoms. The van der Waals surface area contributed by atoms with Crippen molar-refractivity contribution in [1.82, 2.24) is 4.90 Å². The predicted octanol–water partition coefficient (Wildman–Crippen LogP) is 7.18. The summed E-state index contributed by atoms with van der Waals surface area (Å²) in [5.41, 5.74) is 3.93. The molecule has 0 N–H and O–H groups in total. The number of rotatable bonds is 6. The van der Waals surface area contributed by atoms with Crippen LogP contribution < -0.4 is 4.74 Å². The van der Waals surface area contributed by atoms with E-state index in [1.165, 1.54) is 5.56 Å². The molecule has 2 aliphatic rings. The van der Waals surface area contributed by atoms with Gasteiger partial charge in [-0.05, 0) is 76.4 Å². The third-order valence-electron chi connectivity index (χ3n) is 6.98. The van der Waals surface area contributed by atoms with E-state index in [2.05, 4.69) is 30.0 Å². The van der Waals surface area contributed by atoms with E-state index in [0.717, 1.165) is 61.3 Å². The number of hydrogen-bond acceptors (Lipinski definition) is 4. The quantitative estimate of drug-likeness (QED) is 0.301. The van der Waals surface area contributed by atoms with Gasteiger partial charge in [-0.25, -0.2) is 0 Å². The Morgan fingerprint density at radius 2 is 1.89 bits per heavy atom. The number of hydrogen-bond donors (Lipinski definition) is 0. The van der Waals surface area contributed by atoms with Crippen molar-refractivity contribution in [2.75, 3.05) is 26.2 Å². The molecule has 0 amide bonds. The number of likely N-dealkylation sites (tertiary alicyclic amines) is 1. The minimum absolute atomic E-state index is 0.0576. The van der Waals surface area contributed by atoms with Gasteiger partial charge >= 0.3 is 5.97 Å². The lowest BCUT2D eigenvalue weighted by molar-refractivity contribution is -0.155. The van der Waals surface area contributed by atoms with Crippen LogP contribution in [0.5, 0.6) is 5.75 Å². The van der Waals surface area contributed by atoms with Crippen LogP contribution in [0.3, 0.4) is 0 Å². The number of carbonyl (C=O) groups excluding carboxylic acids is 1. The number of nitrogens with zero attached hydrogens (tertiary/aromatic N) is 1. The first-order chi connectivity index (χ1) is 16.6. The zero-order valence-corrected chi connectivity index (χ0v) is 22.6. The molecule has 1 spiro atoms. The van der Waals surface area contributed by atoms with Gasteiger partial charge in [0.2, 0.25) is 0 Å². The van der Waals surface area contributed by atoms with Gasteiger partial charge in [0.15, 0.2) is 0 Å². The van der Waals surface area contributed by atoms with Crippen molar-refractivity contribution < 1.29 is 14.3 Å². The Bertz CT molecular complexity index is 1110. The first-order valence-electron chi connectivity index (χ1n) is 12.5. The number of piperidine rings is 1. The van der Waals surface area contributed by atoms with E-state index in [9.17, 15) is 4.79 Å². The van der Waals surface area contributed by atoms with Crippen LogP contribution in [-0.2, 0) is 21.4 Å². The fourth-order valence-corrected chi connectivity index (χ4v) is 5.60. The Hall–Kier alpha value is -2.01. The Balaban J connectivity index is 1.39. The van der Waals surface area contributed by atoms with E-state index in [4.69, 9.17) is 32.7 Å². The summed E-state index contributed by atoms with van der Waals surface area (Å²) in [5.74, 6) is 0.839. The molecule has 0 aliphatic carbocycles. The van der Waals surface area contributed by atoms with Crippen molar-refractivity contribution in [3.8, 4) is 5.75 Å². The van der Waals surface area contributed by atoms with Crippen LogP contribution in [0.1, 0.15) is 69.2 Å². The van der Waals surface area contributed by atoms with Crippen LogP contribution in [-0.4, -0.2) is 42.7 Å². The van der Waals surface area contributed by atoms with E-state index in [-0.39, 0.29) is 11.4 Å². The molecule has 188 valence electrons. The lowest BCUT2D eigenvalue weighted by Crippen LogP contribution is -2.44. The second-order valence-electron chi connectivity index (χ2n) is 10.6. The van der Waals surface area contributed by atoms with Gasteiger partial charge in [0.1, 0.15) is 11.4 Å². The average molecular weight is 517 g/mol. The minimum Gasteiger partial charge on any atom is -0.492 e. The van der Waals surface area contributed by atoms with Gasteiger partial charge in [0.25, 0.3) is 0 Å². The molecule has 0 atom stereocenters. The van der Waals surface area contributed by atoms with Gasteiger partial charge in [-0.15, -0.1) is 0 Å². The third kappa shape index (κ3) is 6.04. The van der Waals surface area contributed by atoms with Gasteiger partial charge in [-0.1, -0.05) is 60.5 Å². The molecular formula is C29H35Cl2NO3. The van der Waals surface area contributed by atoms with Crippen molar-refractivity contribution in [3.63, 3.8) is 0 Å².